The van der Waals surface area contributed by atoms with Gasteiger partial charge in [0.1, 0.15) is 12.0 Å². The molecule has 0 fully saturated rings. The normalized spacial score (nSPS) is 10.4. The number of aryl methyl sites for hydroxylation is 1. The summed E-state index contributed by atoms with van der Waals surface area (Å²) in [5.74, 6) is 0.342. The van der Waals surface area contributed by atoms with Gasteiger partial charge >= 0.3 is 0 Å². The maximum atomic E-state index is 12.0. The Morgan fingerprint density at radius 1 is 1.18 bits per heavy atom. The molecule has 2 heterocycles. The molecule has 7 nitrogen and oxygen atoms in total. The first-order valence-electron chi connectivity index (χ1n) is 6.75. The van der Waals surface area contributed by atoms with Crippen LogP contribution in [0.2, 0.25) is 0 Å². The summed E-state index contributed by atoms with van der Waals surface area (Å²) in [4.78, 5) is 20.1. The highest BCUT2D eigenvalue weighted by Gasteiger charge is 2.10. The van der Waals surface area contributed by atoms with Crippen LogP contribution in [0.5, 0.6) is 0 Å². The van der Waals surface area contributed by atoms with Crippen LogP contribution in [0.15, 0.2) is 49.1 Å². The van der Waals surface area contributed by atoms with Gasteiger partial charge < -0.3 is 5.32 Å². The third-order valence-electron chi connectivity index (χ3n) is 3.07. The van der Waals surface area contributed by atoms with Gasteiger partial charge in [-0.15, -0.1) is 10.2 Å². The third kappa shape index (κ3) is 2.98. The van der Waals surface area contributed by atoms with E-state index in [1.54, 1.807) is 12.5 Å². The number of nitrogens with one attached hydrogen (secondary N) is 1. The molecule has 0 saturated heterocycles. The number of aromatic nitrogens is 5. The number of rotatable bonds is 4. The topological polar surface area (TPSA) is 85.6 Å². The fourth-order valence-electron chi connectivity index (χ4n) is 1.94. The molecule has 110 valence electrons. The number of carbonyl (C=O) groups excluding carboxylic acids is 1. The molecule has 1 N–H and O–H groups in total. The predicted octanol–water partition coefficient (Wildman–Crippen LogP) is 1.30. The molecule has 3 aromatic rings. The molecule has 0 spiro atoms. The summed E-state index contributed by atoms with van der Waals surface area (Å²) in [7, 11) is 0. The summed E-state index contributed by atoms with van der Waals surface area (Å²) in [6.07, 6.45) is 4.62. The van der Waals surface area contributed by atoms with E-state index in [0.717, 1.165) is 11.4 Å². The van der Waals surface area contributed by atoms with Crippen molar-refractivity contribution in [2.75, 3.05) is 0 Å². The van der Waals surface area contributed by atoms with E-state index in [4.69, 9.17) is 0 Å². The number of benzene rings is 1. The molecule has 22 heavy (non-hydrogen) atoms. The van der Waals surface area contributed by atoms with Gasteiger partial charge in [0, 0.05) is 11.9 Å². The molecule has 0 unspecified atom stereocenters. The summed E-state index contributed by atoms with van der Waals surface area (Å²) in [5, 5.41) is 10.7. The maximum Gasteiger partial charge on any atom is 0.271 e. The Balaban J connectivity index is 1.71. The summed E-state index contributed by atoms with van der Waals surface area (Å²) >= 11 is 0. The molecule has 0 atom stereocenters. The highest BCUT2D eigenvalue weighted by atomic mass is 16.1. The minimum absolute atomic E-state index is 0.253. The van der Waals surface area contributed by atoms with Crippen LogP contribution in [0.25, 0.3) is 5.69 Å². The number of carbonyl (C=O) groups is 1. The van der Waals surface area contributed by atoms with E-state index in [1.807, 2.05) is 41.8 Å². The Hall–Kier alpha value is -3.09. The Bertz CT molecular complexity index is 766. The van der Waals surface area contributed by atoms with Crippen LogP contribution in [-0.4, -0.2) is 30.6 Å². The van der Waals surface area contributed by atoms with Crippen LogP contribution < -0.4 is 5.32 Å². The van der Waals surface area contributed by atoms with Crippen LogP contribution in [0.4, 0.5) is 0 Å². The van der Waals surface area contributed by atoms with Gasteiger partial charge in [-0.25, -0.2) is 4.98 Å². The lowest BCUT2D eigenvalue weighted by Gasteiger charge is -2.07. The van der Waals surface area contributed by atoms with Crippen LogP contribution in [0, 0.1) is 6.92 Å². The van der Waals surface area contributed by atoms with Gasteiger partial charge in [-0.2, -0.15) is 0 Å². The zero-order valence-electron chi connectivity index (χ0n) is 12.0. The zero-order valence-corrected chi connectivity index (χ0v) is 12.0. The van der Waals surface area contributed by atoms with Gasteiger partial charge in [0.15, 0.2) is 5.82 Å². The van der Waals surface area contributed by atoms with E-state index >= 15 is 0 Å². The highest BCUT2D eigenvalue weighted by molar-refractivity contribution is 5.91. The summed E-state index contributed by atoms with van der Waals surface area (Å²) in [6.45, 7) is 2.07. The van der Waals surface area contributed by atoms with Gasteiger partial charge in [-0.1, -0.05) is 18.2 Å². The molecular formula is C15H14N6O. The minimum atomic E-state index is -0.296. The molecular weight excluding hydrogens is 280 g/mol. The quantitative estimate of drug-likeness (QED) is 0.783. The first-order valence-corrected chi connectivity index (χ1v) is 6.75. The van der Waals surface area contributed by atoms with E-state index in [2.05, 4.69) is 25.5 Å². The fraction of sp³-hybridized carbons (Fsp3) is 0.133. The van der Waals surface area contributed by atoms with Crippen molar-refractivity contribution >= 4 is 5.91 Å². The number of hydrogen-bond acceptors (Lipinski definition) is 5. The van der Waals surface area contributed by atoms with E-state index in [9.17, 15) is 4.79 Å². The van der Waals surface area contributed by atoms with Crippen LogP contribution >= 0.6 is 0 Å². The minimum Gasteiger partial charge on any atom is -0.343 e. The average molecular weight is 294 g/mol. The Kier molecular flexibility index (Phi) is 3.86. The summed E-state index contributed by atoms with van der Waals surface area (Å²) < 4.78 is 1.82. The van der Waals surface area contributed by atoms with Crippen molar-refractivity contribution in [1.29, 1.82) is 0 Å². The number of hydrogen-bond donors (Lipinski definition) is 1. The molecule has 3 rings (SSSR count). The lowest BCUT2D eigenvalue weighted by atomic mass is 10.3. The lowest BCUT2D eigenvalue weighted by Crippen LogP contribution is -2.25. The van der Waals surface area contributed by atoms with Crippen molar-refractivity contribution in [1.82, 2.24) is 30.0 Å². The molecule has 0 aliphatic heterocycles. The SMILES string of the molecule is Cc1cnc(C(=O)NCc2nncn2-c2ccccc2)cn1. The zero-order chi connectivity index (χ0) is 15.4. The number of amides is 1. The molecule has 0 saturated carbocycles. The molecule has 0 radical (unpaired) electrons. The number of para-hydroxylation sites is 1. The van der Waals surface area contributed by atoms with Gasteiger partial charge in [0.05, 0.1) is 18.4 Å². The largest absolute Gasteiger partial charge is 0.343 e. The van der Waals surface area contributed by atoms with E-state index in [-0.39, 0.29) is 18.1 Å². The second kappa shape index (κ2) is 6.13. The van der Waals surface area contributed by atoms with Crippen molar-refractivity contribution in [3.63, 3.8) is 0 Å². The van der Waals surface area contributed by atoms with Crippen molar-refractivity contribution < 1.29 is 4.79 Å². The van der Waals surface area contributed by atoms with E-state index < -0.39 is 0 Å². The van der Waals surface area contributed by atoms with Gasteiger partial charge in [-0.05, 0) is 19.1 Å². The molecule has 7 heteroatoms. The van der Waals surface area contributed by atoms with Gasteiger partial charge in [0.2, 0.25) is 0 Å². The average Bonchev–Trinajstić information content (AvgIpc) is 3.02. The van der Waals surface area contributed by atoms with Crippen LogP contribution in [0.1, 0.15) is 22.0 Å². The monoisotopic (exact) mass is 294 g/mol. The smallest absolute Gasteiger partial charge is 0.271 e. The first-order chi connectivity index (χ1) is 10.7. The molecule has 1 aromatic carbocycles. The van der Waals surface area contributed by atoms with Crippen LogP contribution in [-0.2, 0) is 6.54 Å². The predicted molar refractivity (Wildman–Crippen MR) is 79.3 cm³/mol. The van der Waals surface area contributed by atoms with Crippen molar-refractivity contribution in [2.45, 2.75) is 13.5 Å². The molecule has 0 bridgehead atoms. The van der Waals surface area contributed by atoms with E-state index in [0.29, 0.717) is 5.82 Å². The summed E-state index contributed by atoms with van der Waals surface area (Å²) in [6, 6.07) is 9.69. The highest BCUT2D eigenvalue weighted by Crippen LogP contribution is 2.08. The van der Waals surface area contributed by atoms with Gasteiger partial charge in [0.25, 0.3) is 5.91 Å². The standard InChI is InChI=1S/C15H14N6O/c1-11-7-17-13(8-16-11)15(22)18-9-14-20-19-10-21(14)12-5-3-2-4-6-12/h2-8,10H,9H2,1H3,(H,18,22). The second-order valence-corrected chi connectivity index (χ2v) is 4.68. The maximum absolute atomic E-state index is 12.0. The molecule has 0 aliphatic rings. The molecule has 2 aromatic heterocycles. The Morgan fingerprint density at radius 2 is 2.00 bits per heavy atom. The Morgan fingerprint density at radius 3 is 2.73 bits per heavy atom. The lowest BCUT2D eigenvalue weighted by molar-refractivity contribution is 0.0944. The van der Waals surface area contributed by atoms with Crippen molar-refractivity contribution in [3.8, 4) is 5.69 Å². The Labute approximate surface area is 127 Å². The molecule has 1 amide bonds. The fourth-order valence-corrected chi connectivity index (χ4v) is 1.94. The van der Waals surface area contributed by atoms with Crippen LogP contribution in [0.3, 0.4) is 0 Å². The van der Waals surface area contributed by atoms with Gasteiger partial charge in [-0.3, -0.25) is 14.3 Å². The third-order valence-corrected chi connectivity index (χ3v) is 3.07. The van der Waals surface area contributed by atoms with Crippen molar-refractivity contribution in [3.05, 3.63) is 66.3 Å². The first kappa shape index (κ1) is 13.9. The van der Waals surface area contributed by atoms with Crippen molar-refractivity contribution in [2.24, 2.45) is 0 Å². The summed E-state index contributed by atoms with van der Waals surface area (Å²) in [5.41, 5.74) is 1.98. The second-order valence-electron chi connectivity index (χ2n) is 4.68. The number of nitrogens with zero attached hydrogens (tertiary/aromatic N) is 5. The van der Waals surface area contributed by atoms with E-state index in [1.165, 1.54) is 6.20 Å². The molecule has 0 aliphatic carbocycles.